The number of nitrogens with zero attached hydrogens (tertiary/aromatic N) is 4. The molecule has 0 saturated carbocycles. The molecule has 2 aromatic carbocycles. The van der Waals surface area contributed by atoms with Crippen molar-refractivity contribution in [1.29, 1.82) is 0 Å². The number of hydrogen-bond acceptors (Lipinski definition) is 5. The summed E-state index contributed by atoms with van der Waals surface area (Å²) in [5.41, 5.74) is 7.76. The molecule has 0 amide bonds. The normalized spacial score (nSPS) is 16.4. The third-order valence-corrected chi connectivity index (χ3v) is 3.82. The van der Waals surface area contributed by atoms with Crippen molar-refractivity contribution < 1.29 is 0 Å². The number of hydrogen-bond donors (Lipinski definition) is 2. The first kappa shape index (κ1) is 13.8. The summed E-state index contributed by atoms with van der Waals surface area (Å²) in [6, 6.07) is 17.2. The molecule has 0 radical (unpaired) electrons. The van der Waals surface area contributed by atoms with Crippen LogP contribution in [0.1, 0.15) is 11.7 Å². The zero-order valence-corrected chi connectivity index (χ0v) is 12.8. The summed E-state index contributed by atoms with van der Waals surface area (Å²) in [5, 5.41) is 8.21. The Bertz CT molecular complexity index is 869. The fourth-order valence-corrected chi connectivity index (χ4v) is 2.60. The van der Waals surface area contributed by atoms with Gasteiger partial charge in [-0.3, -0.25) is 5.32 Å². The smallest absolute Gasteiger partial charge is 0.230 e. The number of rotatable bonds is 2. The highest BCUT2D eigenvalue weighted by Gasteiger charge is 2.25. The fourth-order valence-electron chi connectivity index (χ4n) is 2.47. The maximum atomic E-state index is 5.96. The Labute approximate surface area is 137 Å². The fraction of sp³-hybridized carbons (Fsp3) is 0.0625. The molecule has 114 valence electrons. The molecule has 3 aromatic rings. The van der Waals surface area contributed by atoms with E-state index in [-0.39, 0.29) is 6.17 Å². The maximum absolute atomic E-state index is 5.96. The van der Waals surface area contributed by atoms with Gasteiger partial charge in [-0.25, -0.2) is 9.67 Å². The molecule has 0 spiro atoms. The van der Waals surface area contributed by atoms with Gasteiger partial charge in [-0.2, -0.15) is 4.98 Å². The number of fused-ring (bicyclic) bond motifs is 1. The molecule has 1 aliphatic heterocycles. The Morgan fingerprint density at radius 1 is 1.04 bits per heavy atom. The van der Waals surface area contributed by atoms with Crippen molar-refractivity contribution in [2.75, 3.05) is 5.32 Å². The predicted octanol–water partition coefficient (Wildman–Crippen LogP) is 2.89. The lowest BCUT2D eigenvalue weighted by Crippen LogP contribution is -2.32. The van der Waals surface area contributed by atoms with Crippen molar-refractivity contribution in [3.05, 3.63) is 65.2 Å². The number of benzene rings is 2. The van der Waals surface area contributed by atoms with Crippen LogP contribution in [0.4, 0.5) is 5.95 Å². The van der Waals surface area contributed by atoms with E-state index >= 15 is 0 Å². The lowest BCUT2D eigenvalue weighted by molar-refractivity contribution is 0.543. The lowest BCUT2D eigenvalue weighted by Gasteiger charge is -2.21. The van der Waals surface area contributed by atoms with E-state index < -0.39 is 0 Å². The minimum absolute atomic E-state index is 0.310. The molecular weight excluding hydrogens is 312 g/mol. The van der Waals surface area contributed by atoms with Gasteiger partial charge < -0.3 is 5.73 Å². The second kappa shape index (κ2) is 5.40. The SMILES string of the molecule is NC1=NC(c2ccc(Cl)cc2)n2nc(-c3ccccc3)nc2N1. The van der Waals surface area contributed by atoms with Gasteiger partial charge in [0, 0.05) is 10.6 Å². The van der Waals surface area contributed by atoms with E-state index in [1.165, 1.54) is 0 Å². The van der Waals surface area contributed by atoms with Crippen LogP contribution in [0.15, 0.2) is 59.6 Å². The average molecular weight is 325 g/mol. The zero-order chi connectivity index (χ0) is 15.8. The van der Waals surface area contributed by atoms with Crippen molar-refractivity contribution >= 4 is 23.5 Å². The molecule has 1 atom stereocenters. The average Bonchev–Trinajstić information content (AvgIpc) is 2.99. The lowest BCUT2D eigenvalue weighted by atomic mass is 10.2. The van der Waals surface area contributed by atoms with Crippen LogP contribution in [0, 0.1) is 0 Å². The van der Waals surface area contributed by atoms with E-state index in [4.69, 9.17) is 17.3 Å². The summed E-state index contributed by atoms with van der Waals surface area (Å²) in [6.07, 6.45) is -0.367. The summed E-state index contributed by atoms with van der Waals surface area (Å²) in [7, 11) is 0. The molecule has 23 heavy (non-hydrogen) atoms. The quantitative estimate of drug-likeness (QED) is 0.759. The van der Waals surface area contributed by atoms with Gasteiger partial charge >= 0.3 is 0 Å². The van der Waals surface area contributed by atoms with Crippen molar-refractivity contribution in [1.82, 2.24) is 14.8 Å². The minimum Gasteiger partial charge on any atom is -0.370 e. The van der Waals surface area contributed by atoms with Gasteiger partial charge in [-0.1, -0.05) is 54.1 Å². The molecule has 7 heteroatoms. The summed E-state index contributed by atoms with van der Waals surface area (Å²) in [6.45, 7) is 0. The van der Waals surface area contributed by atoms with Gasteiger partial charge in [0.2, 0.25) is 5.95 Å². The van der Waals surface area contributed by atoms with Crippen LogP contribution >= 0.6 is 11.6 Å². The molecule has 6 nitrogen and oxygen atoms in total. The molecular formula is C16H13ClN6. The molecule has 0 bridgehead atoms. The Kier molecular flexibility index (Phi) is 3.24. The van der Waals surface area contributed by atoms with Gasteiger partial charge in [0.25, 0.3) is 0 Å². The molecule has 0 fully saturated rings. The standard InChI is InChI=1S/C16H13ClN6/c17-12-8-6-11(7-9-12)14-20-15(18)21-16-19-13(22-23(14)16)10-4-2-1-3-5-10/h1-9,14H,(H3,18,19,20,21,22). The molecule has 3 N–H and O–H groups in total. The first-order valence-corrected chi connectivity index (χ1v) is 7.46. The highest BCUT2D eigenvalue weighted by molar-refractivity contribution is 6.30. The third kappa shape index (κ3) is 2.53. The highest BCUT2D eigenvalue weighted by Crippen LogP contribution is 2.29. The van der Waals surface area contributed by atoms with E-state index in [1.807, 2.05) is 54.6 Å². The number of anilines is 1. The molecule has 1 aromatic heterocycles. The van der Waals surface area contributed by atoms with E-state index in [0.717, 1.165) is 11.1 Å². The number of aromatic nitrogens is 3. The van der Waals surface area contributed by atoms with Crippen LogP contribution in [-0.4, -0.2) is 20.7 Å². The Balaban J connectivity index is 1.79. The van der Waals surface area contributed by atoms with E-state index in [2.05, 4.69) is 20.4 Å². The first-order valence-electron chi connectivity index (χ1n) is 7.08. The van der Waals surface area contributed by atoms with Crippen molar-refractivity contribution in [3.8, 4) is 11.4 Å². The second-order valence-electron chi connectivity index (χ2n) is 5.13. The van der Waals surface area contributed by atoms with Crippen molar-refractivity contribution in [2.24, 2.45) is 10.7 Å². The third-order valence-electron chi connectivity index (χ3n) is 3.56. The van der Waals surface area contributed by atoms with Gasteiger partial charge in [0.05, 0.1) is 0 Å². The summed E-state index contributed by atoms with van der Waals surface area (Å²) >= 11 is 5.96. The number of nitrogens with two attached hydrogens (primary N) is 1. The van der Waals surface area contributed by atoms with Crippen molar-refractivity contribution in [3.63, 3.8) is 0 Å². The number of guanidine groups is 1. The van der Waals surface area contributed by atoms with Crippen molar-refractivity contribution in [2.45, 2.75) is 6.17 Å². The van der Waals surface area contributed by atoms with Crippen LogP contribution in [0.2, 0.25) is 5.02 Å². The highest BCUT2D eigenvalue weighted by atomic mass is 35.5. The molecule has 1 aliphatic rings. The zero-order valence-electron chi connectivity index (χ0n) is 12.0. The van der Waals surface area contributed by atoms with Crippen LogP contribution in [0.25, 0.3) is 11.4 Å². The maximum Gasteiger partial charge on any atom is 0.230 e. The molecule has 0 saturated heterocycles. The first-order chi connectivity index (χ1) is 11.2. The largest absolute Gasteiger partial charge is 0.370 e. The number of nitrogens with one attached hydrogen (secondary N) is 1. The molecule has 0 aliphatic carbocycles. The Morgan fingerprint density at radius 2 is 1.78 bits per heavy atom. The van der Waals surface area contributed by atoms with Crippen LogP contribution in [-0.2, 0) is 0 Å². The number of aliphatic imine (C=N–C) groups is 1. The molecule has 4 rings (SSSR count). The van der Waals surface area contributed by atoms with E-state index in [0.29, 0.717) is 22.8 Å². The van der Waals surface area contributed by atoms with Gasteiger partial charge in [0.15, 0.2) is 17.9 Å². The van der Waals surface area contributed by atoms with Gasteiger partial charge in [0.1, 0.15) is 0 Å². The van der Waals surface area contributed by atoms with Crippen LogP contribution in [0.5, 0.6) is 0 Å². The van der Waals surface area contributed by atoms with E-state index in [1.54, 1.807) is 4.68 Å². The van der Waals surface area contributed by atoms with Gasteiger partial charge in [-0.05, 0) is 17.7 Å². The monoisotopic (exact) mass is 324 g/mol. The van der Waals surface area contributed by atoms with Gasteiger partial charge in [-0.15, -0.1) is 5.10 Å². The topological polar surface area (TPSA) is 81.1 Å². The Morgan fingerprint density at radius 3 is 2.52 bits per heavy atom. The molecule has 2 heterocycles. The van der Waals surface area contributed by atoms with Crippen LogP contribution in [0.3, 0.4) is 0 Å². The summed E-state index contributed by atoms with van der Waals surface area (Å²) in [5.74, 6) is 1.50. The predicted molar refractivity (Wildman–Crippen MR) is 90.3 cm³/mol. The summed E-state index contributed by atoms with van der Waals surface area (Å²) < 4.78 is 1.72. The van der Waals surface area contributed by atoms with Crippen LogP contribution < -0.4 is 11.1 Å². The second-order valence-corrected chi connectivity index (χ2v) is 5.57. The minimum atomic E-state index is -0.367. The number of halogens is 1. The Hall–Kier alpha value is -2.86. The molecule has 1 unspecified atom stereocenters. The van der Waals surface area contributed by atoms with E-state index in [9.17, 15) is 0 Å². The summed E-state index contributed by atoms with van der Waals surface area (Å²) in [4.78, 5) is 8.95.